The Kier molecular flexibility index (Phi) is 6.34. The molecule has 0 N–H and O–H groups in total. The van der Waals surface area contributed by atoms with Crippen LogP contribution in [0.25, 0.3) is 0 Å². The molecule has 3 rings (SSSR count). The van der Waals surface area contributed by atoms with Crippen LogP contribution >= 0.6 is 0 Å². The number of methoxy groups -OCH3 is 1. The molecule has 1 amide bonds. The highest BCUT2D eigenvalue weighted by atomic mass is 16.5. The Bertz CT molecular complexity index is 976. The van der Waals surface area contributed by atoms with Crippen molar-refractivity contribution < 1.29 is 18.8 Å². The van der Waals surface area contributed by atoms with Crippen LogP contribution in [0.5, 0.6) is 11.5 Å². The van der Waals surface area contributed by atoms with Gasteiger partial charge in [0.2, 0.25) is 0 Å². The van der Waals surface area contributed by atoms with Crippen molar-refractivity contribution in [2.75, 3.05) is 18.6 Å². The van der Waals surface area contributed by atoms with Crippen molar-refractivity contribution in [2.45, 2.75) is 20.5 Å². The number of hydrogen-bond donors (Lipinski definition) is 0. The van der Waals surface area contributed by atoms with Gasteiger partial charge in [-0.25, -0.2) is 0 Å². The highest BCUT2D eigenvalue weighted by Gasteiger charge is 2.19. The number of benzene rings is 2. The first-order valence-corrected chi connectivity index (χ1v) is 9.25. The Morgan fingerprint density at radius 1 is 1.17 bits per heavy atom. The zero-order valence-corrected chi connectivity index (χ0v) is 16.8. The summed E-state index contributed by atoms with van der Waals surface area (Å²) in [5.74, 6) is 1.59. The van der Waals surface area contributed by atoms with E-state index < -0.39 is 0 Å². The van der Waals surface area contributed by atoms with Crippen LogP contribution in [0.3, 0.4) is 0 Å². The maximum atomic E-state index is 13.1. The van der Waals surface area contributed by atoms with E-state index in [1.807, 2.05) is 44.2 Å². The van der Waals surface area contributed by atoms with E-state index >= 15 is 0 Å². The van der Waals surface area contributed by atoms with Gasteiger partial charge in [0.05, 0.1) is 18.4 Å². The van der Waals surface area contributed by atoms with E-state index in [-0.39, 0.29) is 5.91 Å². The molecule has 0 spiro atoms. The van der Waals surface area contributed by atoms with Crippen molar-refractivity contribution in [2.24, 2.45) is 0 Å². The number of aromatic nitrogens is 1. The molecule has 0 atom stereocenters. The number of rotatable bonds is 8. The molecule has 0 fully saturated rings. The van der Waals surface area contributed by atoms with Crippen LogP contribution in [0.2, 0.25) is 0 Å². The predicted molar refractivity (Wildman–Crippen MR) is 112 cm³/mol. The lowest BCUT2D eigenvalue weighted by Gasteiger charge is -2.22. The van der Waals surface area contributed by atoms with E-state index in [4.69, 9.17) is 14.0 Å². The monoisotopic (exact) mass is 392 g/mol. The third-order valence-electron chi connectivity index (χ3n) is 4.59. The molecule has 2 aromatic carbocycles. The lowest BCUT2D eigenvalue weighted by atomic mass is 10.1. The SMILES string of the molecule is C=CCN(C(=O)c1ccc(OCc2c(C)noc2C)c(OC)c1)c1ccccc1. The standard InChI is InChI=1S/C23H24N2O4/c1-5-13-25(19-9-7-6-8-10-19)23(26)18-11-12-21(22(14-18)27-4)28-15-20-16(2)24-29-17(20)3/h5-12,14H,1,13,15H2,2-4H3. The second-order valence-electron chi connectivity index (χ2n) is 6.50. The van der Waals surface area contributed by atoms with Crippen LogP contribution in [0, 0.1) is 13.8 Å². The van der Waals surface area contributed by atoms with Crippen molar-refractivity contribution in [1.29, 1.82) is 0 Å². The molecule has 0 aliphatic rings. The Labute approximate surface area is 170 Å². The number of amides is 1. The van der Waals surface area contributed by atoms with E-state index in [0.29, 0.717) is 30.2 Å². The molecule has 1 aromatic heterocycles. The van der Waals surface area contributed by atoms with Gasteiger partial charge in [-0.1, -0.05) is 29.4 Å². The van der Waals surface area contributed by atoms with Crippen molar-refractivity contribution in [3.05, 3.63) is 83.8 Å². The molecule has 29 heavy (non-hydrogen) atoms. The smallest absolute Gasteiger partial charge is 0.258 e. The van der Waals surface area contributed by atoms with Crippen LogP contribution < -0.4 is 14.4 Å². The second-order valence-corrected chi connectivity index (χ2v) is 6.50. The minimum atomic E-state index is -0.147. The predicted octanol–water partition coefficient (Wildman–Crippen LogP) is 4.71. The Hall–Kier alpha value is -3.54. The lowest BCUT2D eigenvalue weighted by molar-refractivity contribution is 0.0989. The molecular formula is C23H24N2O4. The van der Waals surface area contributed by atoms with Gasteiger partial charge in [0, 0.05) is 17.8 Å². The molecule has 0 radical (unpaired) electrons. The topological polar surface area (TPSA) is 64.8 Å². The van der Waals surface area contributed by atoms with Gasteiger partial charge in [0.25, 0.3) is 5.91 Å². The van der Waals surface area contributed by atoms with E-state index in [1.165, 1.54) is 0 Å². The second kappa shape index (κ2) is 9.10. The molecule has 150 valence electrons. The number of nitrogens with zero attached hydrogens (tertiary/aromatic N) is 2. The lowest BCUT2D eigenvalue weighted by Crippen LogP contribution is -2.31. The van der Waals surface area contributed by atoms with Crippen LogP contribution in [0.15, 0.2) is 65.7 Å². The summed E-state index contributed by atoms with van der Waals surface area (Å²) in [5.41, 5.74) is 2.98. The first-order chi connectivity index (χ1) is 14.0. The van der Waals surface area contributed by atoms with Crippen molar-refractivity contribution in [3.8, 4) is 11.5 Å². The molecule has 1 heterocycles. The van der Waals surface area contributed by atoms with Gasteiger partial charge in [-0.05, 0) is 44.2 Å². The molecule has 0 saturated heterocycles. The summed E-state index contributed by atoms with van der Waals surface area (Å²) in [6.45, 7) is 8.17. The minimum Gasteiger partial charge on any atom is -0.493 e. The third-order valence-corrected chi connectivity index (χ3v) is 4.59. The average molecular weight is 392 g/mol. The van der Waals surface area contributed by atoms with Crippen LogP contribution in [-0.4, -0.2) is 24.7 Å². The zero-order chi connectivity index (χ0) is 20.8. The summed E-state index contributed by atoms with van der Waals surface area (Å²) >= 11 is 0. The van der Waals surface area contributed by atoms with E-state index in [1.54, 1.807) is 36.3 Å². The van der Waals surface area contributed by atoms with Crippen LogP contribution in [0.1, 0.15) is 27.4 Å². The summed E-state index contributed by atoms with van der Waals surface area (Å²) in [6.07, 6.45) is 1.70. The number of carbonyl (C=O) groups excluding carboxylic acids is 1. The first-order valence-electron chi connectivity index (χ1n) is 9.25. The highest BCUT2D eigenvalue weighted by molar-refractivity contribution is 6.06. The van der Waals surface area contributed by atoms with E-state index in [0.717, 1.165) is 22.7 Å². The van der Waals surface area contributed by atoms with Gasteiger partial charge >= 0.3 is 0 Å². The number of anilines is 1. The molecular weight excluding hydrogens is 368 g/mol. The summed E-state index contributed by atoms with van der Waals surface area (Å²) in [4.78, 5) is 14.8. The van der Waals surface area contributed by atoms with Gasteiger partial charge in [0.1, 0.15) is 12.4 Å². The summed E-state index contributed by atoms with van der Waals surface area (Å²) in [7, 11) is 1.55. The third kappa shape index (κ3) is 4.48. The van der Waals surface area contributed by atoms with Gasteiger partial charge < -0.3 is 18.9 Å². The van der Waals surface area contributed by atoms with Gasteiger partial charge in [-0.15, -0.1) is 6.58 Å². The average Bonchev–Trinajstić information content (AvgIpc) is 3.07. The Balaban J connectivity index is 1.83. The minimum absolute atomic E-state index is 0.147. The van der Waals surface area contributed by atoms with Gasteiger partial charge in [0.15, 0.2) is 11.5 Å². The molecule has 6 nitrogen and oxygen atoms in total. The van der Waals surface area contributed by atoms with E-state index in [2.05, 4.69) is 11.7 Å². The van der Waals surface area contributed by atoms with Gasteiger partial charge in [-0.3, -0.25) is 4.79 Å². The molecule has 0 aliphatic carbocycles. The largest absolute Gasteiger partial charge is 0.493 e. The van der Waals surface area contributed by atoms with Crippen molar-refractivity contribution in [1.82, 2.24) is 5.16 Å². The molecule has 0 saturated carbocycles. The quantitative estimate of drug-likeness (QED) is 0.520. The molecule has 0 unspecified atom stereocenters. The summed E-state index contributed by atoms with van der Waals surface area (Å²) < 4.78 is 16.5. The summed E-state index contributed by atoms with van der Waals surface area (Å²) in [6, 6.07) is 14.6. The zero-order valence-electron chi connectivity index (χ0n) is 16.8. The first kappa shape index (κ1) is 20.2. The number of hydrogen-bond acceptors (Lipinski definition) is 5. The van der Waals surface area contributed by atoms with Crippen LogP contribution in [-0.2, 0) is 6.61 Å². The Morgan fingerprint density at radius 2 is 1.93 bits per heavy atom. The van der Waals surface area contributed by atoms with Crippen LogP contribution in [0.4, 0.5) is 5.69 Å². The highest BCUT2D eigenvalue weighted by Crippen LogP contribution is 2.30. The van der Waals surface area contributed by atoms with E-state index in [9.17, 15) is 4.79 Å². The fourth-order valence-electron chi connectivity index (χ4n) is 2.98. The molecule has 3 aromatic rings. The maximum absolute atomic E-state index is 13.1. The Morgan fingerprint density at radius 3 is 2.55 bits per heavy atom. The fraction of sp³-hybridized carbons (Fsp3) is 0.217. The summed E-state index contributed by atoms with van der Waals surface area (Å²) in [5, 5.41) is 3.93. The van der Waals surface area contributed by atoms with Crippen molar-refractivity contribution >= 4 is 11.6 Å². The number of para-hydroxylation sites is 1. The maximum Gasteiger partial charge on any atom is 0.258 e. The normalized spacial score (nSPS) is 10.4. The molecule has 6 heteroatoms. The van der Waals surface area contributed by atoms with Gasteiger partial charge in [-0.2, -0.15) is 0 Å². The number of ether oxygens (including phenoxy) is 2. The molecule has 0 aliphatic heterocycles. The number of carbonyl (C=O) groups is 1. The molecule has 0 bridgehead atoms. The van der Waals surface area contributed by atoms with Crippen molar-refractivity contribution in [3.63, 3.8) is 0 Å². The fourth-order valence-corrected chi connectivity index (χ4v) is 2.98. The number of aryl methyl sites for hydroxylation is 2.